The van der Waals surface area contributed by atoms with Crippen molar-refractivity contribution in [3.05, 3.63) is 83.4 Å². The van der Waals surface area contributed by atoms with Crippen molar-refractivity contribution < 1.29 is 19.1 Å². The Bertz CT molecular complexity index is 986. The van der Waals surface area contributed by atoms with Crippen LogP contribution in [0.1, 0.15) is 27.9 Å². The van der Waals surface area contributed by atoms with Gasteiger partial charge in [0.2, 0.25) is 11.8 Å². The molecule has 2 unspecified atom stereocenters. The van der Waals surface area contributed by atoms with Crippen molar-refractivity contribution in [2.75, 3.05) is 19.7 Å². The van der Waals surface area contributed by atoms with Crippen LogP contribution in [0.5, 0.6) is 0 Å². The number of nitrogens with one attached hydrogen (secondary N) is 2. The van der Waals surface area contributed by atoms with E-state index in [-0.39, 0.29) is 17.7 Å². The maximum Gasteiger partial charge on any atom is 0.241 e. The van der Waals surface area contributed by atoms with E-state index < -0.39 is 18.1 Å². The third-order valence-electron chi connectivity index (χ3n) is 5.66. The summed E-state index contributed by atoms with van der Waals surface area (Å²) in [5.41, 5.74) is 13.9. The van der Waals surface area contributed by atoms with Crippen LogP contribution in [0.4, 0.5) is 0 Å². The van der Waals surface area contributed by atoms with Crippen LogP contribution in [0.25, 0.3) is 0 Å². The summed E-state index contributed by atoms with van der Waals surface area (Å²) in [6.07, 6.45) is 4.00. The van der Waals surface area contributed by atoms with Crippen molar-refractivity contribution in [3.63, 3.8) is 0 Å². The number of carbonyl (C=O) groups excluding carboxylic acids is 3. The molecule has 2 aromatic carbocycles. The lowest BCUT2D eigenvalue weighted by Crippen LogP contribution is -2.46. The molecule has 0 bridgehead atoms. The van der Waals surface area contributed by atoms with Crippen molar-refractivity contribution in [2.45, 2.75) is 37.5 Å². The Labute approximate surface area is 199 Å². The zero-order chi connectivity index (χ0) is 24.3. The first-order valence-corrected chi connectivity index (χ1v) is 11.5. The molecule has 0 aromatic heterocycles. The molecular weight excluding hydrogens is 432 g/mol. The largest absolute Gasteiger partial charge is 0.367 e. The number of nitrogens with two attached hydrogens (primary N) is 2. The molecule has 34 heavy (non-hydrogen) atoms. The highest BCUT2D eigenvalue weighted by molar-refractivity contribution is 5.99. The van der Waals surface area contributed by atoms with Gasteiger partial charge >= 0.3 is 0 Å². The second kappa shape index (κ2) is 12.8. The maximum absolute atomic E-state index is 12.7. The maximum atomic E-state index is 12.7. The number of morpholine rings is 1. The molecule has 3 rings (SSSR count). The van der Waals surface area contributed by atoms with Crippen LogP contribution in [-0.2, 0) is 27.2 Å². The van der Waals surface area contributed by atoms with Crippen molar-refractivity contribution >= 4 is 17.6 Å². The number of benzene rings is 2. The van der Waals surface area contributed by atoms with E-state index in [1.807, 2.05) is 30.3 Å². The van der Waals surface area contributed by atoms with Crippen LogP contribution >= 0.6 is 0 Å². The zero-order valence-corrected chi connectivity index (χ0v) is 19.1. The monoisotopic (exact) mass is 464 g/mol. The van der Waals surface area contributed by atoms with E-state index in [1.165, 1.54) is 6.08 Å². The number of ketones is 1. The Balaban J connectivity index is 1.55. The summed E-state index contributed by atoms with van der Waals surface area (Å²) < 4.78 is 5.52. The summed E-state index contributed by atoms with van der Waals surface area (Å²) in [4.78, 5) is 36.5. The number of rotatable bonds is 11. The smallest absolute Gasteiger partial charge is 0.241 e. The van der Waals surface area contributed by atoms with Crippen LogP contribution in [-0.4, -0.2) is 55.5 Å². The Hall–Kier alpha value is -3.33. The molecule has 1 heterocycles. The molecule has 6 N–H and O–H groups in total. The van der Waals surface area contributed by atoms with Gasteiger partial charge < -0.3 is 26.8 Å². The van der Waals surface area contributed by atoms with Crippen LogP contribution in [0.3, 0.4) is 0 Å². The van der Waals surface area contributed by atoms with Gasteiger partial charge in [-0.2, -0.15) is 0 Å². The minimum atomic E-state index is -0.784. The van der Waals surface area contributed by atoms with Gasteiger partial charge in [-0.25, -0.2) is 0 Å². The Morgan fingerprint density at radius 1 is 1.09 bits per heavy atom. The summed E-state index contributed by atoms with van der Waals surface area (Å²) >= 11 is 0. The highest BCUT2D eigenvalue weighted by Crippen LogP contribution is 2.12. The molecule has 2 aromatic rings. The first-order chi connectivity index (χ1) is 16.4. The molecule has 0 saturated carbocycles. The topological polar surface area (TPSA) is 137 Å². The van der Waals surface area contributed by atoms with Gasteiger partial charge in [0.1, 0.15) is 6.10 Å². The minimum Gasteiger partial charge on any atom is -0.367 e. The Morgan fingerprint density at radius 3 is 2.47 bits per heavy atom. The fraction of sp³-hybridized carbons (Fsp3) is 0.346. The minimum absolute atomic E-state index is 0.0664. The van der Waals surface area contributed by atoms with E-state index in [0.717, 1.165) is 24.1 Å². The summed E-state index contributed by atoms with van der Waals surface area (Å²) in [5, 5.41) is 6.05. The second-order valence-electron chi connectivity index (χ2n) is 8.34. The average Bonchev–Trinajstić information content (AvgIpc) is 2.86. The zero-order valence-electron chi connectivity index (χ0n) is 19.1. The van der Waals surface area contributed by atoms with E-state index >= 15 is 0 Å². The lowest BCUT2D eigenvalue weighted by Gasteiger charge is -2.22. The van der Waals surface area contributed by atoms with Gasteiger partial charge in [-0.15, -0.1) is 0 Å². The third kappa shape index (κ3) is 7.91. The van der Waals surface area contributed by atoms with Crippen LogP contribution in [0, 0.1) is 0 Å². The summed E-state index contributed by atoms with van der Waals surface area (Å²) in [6.45, 7) is 1.76. The fourth-order valence-corrected chi connectivity index (χ4v) is 3.76. The van der Waals surface area contributed by atoms with Crippen LogP contribution in [0.2, 0.25) is 0 Å². The van der Waals surface area contributed by atoms with E-state index in [9.17, 15) is 14.4 Å². The molecule has 1 fully saturated rings. The predicted molar refractivity (Wildman–Crippen MR) is 130 cm³/mol. The van der Waals surface area contributed by atoms with E-state index in [4.69, 9.17) is 16.2 Å². The number of aryl methyl sites for hydroxylation is 1. The van der Waals surface area contributed by atoms with Gasteiger partial charge in [0.15, 0.2) is 5.78 Å². The molecule has 0 aliphatic carbocycles. The fourth-order valence-electron chi connectivity index (χ4n) is 3.76. The quantitative estimate of drug-likeness (QED) is 0.288. The summed E-state index contributed by atoms with van der Waals surface area (Å²) in [5.74, 6) is -0.968. The standard InChI is InChI=1S/C26H32N4O4/c27-22(16-19-6-9-20(10-7-19)25(32)23-17-29-14-15-34-23)26(33)30-21(12-13-24(28)31)11-8-18-4-2-1-3-5-18/h1-7,9-10,12-13,21-23,29H,8,11,14-17,27H2,(H2,28,31)(H,30,33)/t21?,22-,23?/m0/s1. The highest BCUT2D eigenvalue weighted by Gasteiger charge is 2.23. The Morgan fingerprint density at radius 2 is 1.82 bits per heavy atom. The number of hydrogen-bond donors (Lipinski definition) is 4. The van der Waals surface area contributed by atoms with Crippen molar-refractivity contribution in [2.24, 2.45) is 11.5 Å². The molecule has 180 valence electrons. The average molecular weight is 465 g/mol. The third-order valence-corrected chi connectivity index (χ3v) is 5.66. The molecule has 8 heteroatoms. The van der Waals surface area contributed by atoms with Crippen LogP contribution < -0.4 is 22.1 Å². The highest BCUT2D eigenvalue weighted by atomic mass is 16.5. The summed E-state index contributed by atoms with van der Waals surface area (Å²) in [7, 11) is 0. The molecule has 3 atom stereocenters. The second-order valence-corrected chi connectivity index (χ2v) is 8.34. The number of carbonyl (C=O) groups is 3. The van der Waals surface area contributed by atoms with E-state index in [0.29, 0.717) is 31.6 Å². The van der Waals surface area contributed by atoms with Gasteiger partial charge in [0, 0.05) is 30.8 Å². The van der Waals surface area contributed by atoms with Crippen molar-refractivity contribution in [1.82, 2.24) is 10.6 Å². The van der Waals surface area contributed by atoms with Gasteiger partial charge in [0.05, 0.1) is 12.6 Å². The molecule has 0 radical (unpaired) electrons. The van der Waals surface area contributed by atoms with Crippen molar-refractivity contribution in [3.8, 4) is 0 Å². The molecule has 8 nitrogen and oxygen atoms in total. The van der Waals surface area contributed by atoms with Crippen molar-refractivity contribution in [1.29, 1.82) is 0 Å². The summed E-state index contributed by atoms with van der Waals surface area (Å²) in [6, 6.07) is 15.8. The number of Topliss-reactive ketones (excluding diaryl/α,β-unsaturated/α-hetero) is 1. The Kier molecular flexibility index (Phi) is 9.51. The van der Waals surface area contributed by atoms with Gasteiger partial charge in [-0.05, 0) is 30.4 Å². The molecule has 1 saturated heterocycles. The van der Waals surface area contributed by atoms with E-state index in [2.05, 4.69) is 10.6 Å². The first-order valence-electron chi connectivity index (χ1n) is 11.5. The number of ether oxygens (including phenoxy) is 1. The molecule has 0 spiro atoms. The van der Waals surface area contributed by atoms with Crippen LogP contribution in [0.15, 0.2) is 66.7 Å². The molecular formula is C26H32N4O4. The first kappa shape index (κ1) is 25.3. The molecule has 1 aliphatic heterocycles. The lowest BCUT2D eigenvalue weighted by molar-refractivity contribution is -0.122. The van der Waals surface area contributed by atoms with Gasteiger partial charge in [-0.1, -0.05) is 60.7 Å². The molecule has 1 aliphatic rings. The van der Waals surface area contributed by atoms with E-state index in [1.54, 1.807) is 30.3 Å². The predicted octanol–water partition coefficient (Wildman–Crippen LogP) is 0.887. The molecule has 2 amide bonds. The lowest BCUT2D eigenvalue weighted by atomic mass is 10.00. The SMILES string of the molecule is NC(=O)C=CC(CCc1ccccc1)NC(=O)[C@@H](N)Cc1ccc(C(=O)C2CNCCO2)cc1. The van der Waals surface area contributed by atoms with Gasteiger partial charge in [0.25, 0.3) is 0 Å². The van der Waals surface area contributed by atoms with Gasteiger partial charge in [-0.3, -0.25) is 14.4 Å². The number of amides is 2. The normalized spacial score (nSPS) is 17.7. The number of primary amides is 1. The number of hydrogen-bond acceptors (Lipinski definition) is 6.